The van der Waals surface area contributed by atoms with Crippen LogP contribution in [0.2, 0.25) is 0 Å². The molecule has 0 radical (unpaired) electrons. The highest BCUT2D eigenvalue weighted by Gasteiger charge is 2.49. The quantitative estimate of drug-likeness (QED) is 0.525. The number of nitrogens with one attached hydrogen (secondary N) is 1. The first kappa shape index (κ1) is 14.4. The number of aliphatic carboxylic acids is 1. The number of anilines is 1. The van der Waals surface area contributed by atoms with Crippen LogP contribution in [0, 0.1) is 3.57 Å². The van der Waals surface area contributed by atoms with Crippen LogP contribution in [-0.2, 0) is 4.79 Å². The van der Waals surface area contributed by atoms with Gasteiger partial charge in [0.05, 0.1) is 9.49 Å². The van der Waals surface area contributed by atoms with Crippen molar-refractivity contribution in [1.29, 1.82) is 0 Å². The molecule has 3 atom stereocenters. The van der Waals surface area contributed by atoms with E-state index >= 15 is 0 Å². The van der Waals surface area contributed by atoms with Gasteiger partial charge in [-0.15, -0.1) is 0 Å². The number of aromatic hydroxyl groups is 2. The summed E-state index contributed by atoms with van der Waals surface area (Å²) in [4.78, 5) is 11.6. The number of carbonyl (C=O) groups is 1. The van der Waals surface area contributed by atoms with Gasteiger partial charge in [0.15, 0.2) is 6.04 Å². The lowest BCUT2D eigenvalue weighted by Crippen LogP contribution is -2.48. The van der Waals surface area contributed by atoms with Gasteiger partial charge in [-0.2, -0.15) is 0 Å². The Labute approximate surface area is 144 Å². The molecule has 4 rings (SSSR count). The molecule has 4 N–H and O–H groups in total. The molecular weight excluding hydrogens is 413 g/mol. The predicted octanol–water partition coefficient (Wildman–Crippen LogP) is 2.47. The van der Waals surface area contributed by atoms with Gasteiger partial charge in [0.25, 0.3) is 0 Å². The molecule has 7 heteroatoms. The van der Waals surface area contributed by atoms with Crippen LogP contribution < -0.4 is 10.1 Å². The number of carboxylic acid groups (broad SMARTS) is 1. The number of phenols is 2. The van der Waals surface area contributed by atoms with Crippen LogP contribution in [0.5, 0.6) is 17.2 Å². The van der Waals surface area contributed by atoms with Crippen molar-refractivity contribution >= 4 is 34.2 Å². The number of phenolic OH excluding ortho intramolecular Hbond substituents is 2. The lowest BCUT2D eigenvalue weighted by Gasteiger charge is -2.34. The van der Waals surface area contributed by atoms with Gasteiger partial charge in [-0.3, -0.25) is 0 Å². The van der Waals surface area contributed by atoms with Crippen molar-refractivity contribution in [3.63, 3.8) is 0 Å². The van der Waals surface area contributed by atoms with Crippen molar-refractivity contribution in [2.45, 2.75) is 18.1 Å². The maximum Gasteiger partial charge on any atom is 0.330 e. The Morgan fingerprint density at radius 1 is 1.26 bits per heavy atom. The smallest absolute Gasteiger partial charge is 0.330 e. The highest BCUT2D eigenvalue weighted by Crippen LogP contribution is 2.53. The Balaban J connectivity index is 1.98. The second-order valence-corrected chi connectivity index (χ2v) is 6.77. The van der Waals surface area contributed by atoms with E-state index in [0.29, 0.717) is 17.0 Å². The van der Waals surface area contributed by atoms with Gasteiger partial charge in [0.1, 0.15) is 23.4 Å². The molecule has 0 amide bonds. The molecule has 0 aromatic heterocycles. The molecule has 23 heavy (non-hydrogen) atoms. The average molecular weight is 425 g/mol. The Morgan fingerprint density at radius 2 is 2.04 bits per heavy atom. The number of benzene rings is 2. The van der Waals surface area contributed by atoms with E-state index in [1.54, 1.807) is 0 Å². The zero-order valence-electron chi connectivity index (χ0n) is 11.7. The summed E-state index contributed by atoms with van der Waals surface area (Å²) in [6.07, 6.45) is -0.665. The first-order chi connectivity index (χ1) is 11.0. The molecule has 2 aromatic rings. The van der Waals surface area contributed by atoms with Crippen molar-refractivity contribution in [3.05, 3.63) is 45.0 Å². The Kier molecular flexibility index (Phi) is 3.09. The van der Waals surface area contributed by atoms with E-state index in [-0.39, 0.29) is 11.5 Å². The predicted molar refractivity (Wildman–Crippen MR) is 90.2 cm³/mol. The topological polar surface area (TPSA) is 99.0 Å². The molecule has 0 aliphatic carbocycles. The highest BCUT2D eigenvalue weighted by molar-refractivity contribution is 14.1. The summed E-state index contributed by atoms with van der Waals surface area (Å²) >= 11 is 2.14. The molecule has 2 aromatic carbocycles. The Hall–Kier alpha value is -2.16. The van der Waals surface area contributed by atoms with E-state index in [1.165, 1.54) is 12.1 Å². The molecule has 0 saturated heterocycles. The van der Waals surface area contributed by atoms with E-state index in [1.807, 2.05) is 18.2 Å². The zero-order chi connectivity index (χ0) is 16.3. The van der Waals surface area contributed by atoms with Crippen LogP contribution in [-0.4, -0.2) is 33.4 Å². The summed E-state index contributed by atoms with van der Waals surface area (Å²) in [5.74, 6) is -1.01. The van der Waals surface area contributed by atoms with Crippen molar-refractivity contribution in [1.82, 2.24) is 0 Å². The van der Waals surface area contributed by atoms with Gasteiger partial charge in [-0.1, -0.05) is 12.1 Å². The van der Waals surface area contributed by atoms with Crippen molar-refractivity contribution in [3.8, 4) is 17.2 Å². The number of rotatable bonds is 1. The maximum atomic E-state index is 11.6. The largest absolute Gasteiger partial charge is 0.508 e. The van der Waals surface area contributed by atoms with Gasteiger partial charge >= 0.3 is 5.97 Å². The molecule has 0 fully saturated rings. The molecular formula is C16H12INO5. The number of fused-ring (bicyclic) bond motifs is 5. The summed E-state index contributed by atoms with van der Waals surface area (Å²) in [5.41, 5.74) is 1.80. The second-order valence-electron chi connectivity index (χ2n) is 5.60. The van der Waals surface area contributed by atoms with Crippen molar-refractivity contribution < 1.29 is 24.9 Å². The van der Waals surface area contributed by atoms with Crippen LogP contribution in [0.15, 0.2) is 30.3 Å². The highest BCUT2D eigenvalue weighted by atomic mass is 127. The first-order valence-electron chi connectivity index (χ1n) is 6.97. The summed E-state index contributed by atoms with van der Waals surface area (Å²) in [7, 11) is 0. The van der Waals surface area contributed by atoms with Crippen molar-refractivity contribution in [2.75, 3.05) is 5.32 Å². The van der Waals surface area contributed by atoms with Crippen LogP contribution in [0.25, 0.3) is 0 Å². The number of ether oxygens (including phenoxy) is 1. The SMILES string of the molecule is O=C(O)C1Nc2cc(O)cc(O)c2C2c3cccc(I)c3OC12. The first-order valence-corrected chi connectivity index (χ1v) is 8.05. The molecule has 0 spiro atoms. The lowest BCUT2D eigenvalue weighted by molar-refractivity contribution is -0.140. The number of para-hydroxylation sites is 1. The fourth-order valence-electron chi connectivity index (χ4n) is 3.38. The van der Waals surface area contributed by atoms with Gasteiger partial charge in [0, 0.05) is 28.9 Å². The fraction of sp³-hybridized carbons (Fsp3) is 0.188. The number of hydrogen-bond acceptors (Lipinski definition) is 5. The molecule has 2 aliphatic rings. The number of hydrogen-bond donors (Lipinski definition) is 4. The minimum absolute atomic E-state index is 0.0818. The van der Waals surface area contributed by atoms with Gasteiger partial charge < -0.3 is 25.4 Å². The Morgan fingerprint density at radius 3 is 2.78 bits per heavy atom. The maximum absolute atomic E-state index is 11.6. The van der Waals surface area contributed by atoms with E-state index in [0.717, 1.165) is 9.13 Å². The van der Waals surface area contributed by atoms with E-state index in [2.05, 4.69) is 27.9 Å². The third kappa shape index (κ3) is 2.03. The molecule has 6 nitrogen and oxygen atoms in total. The summed E-state index contributed by atoms with van der Waals surface area (Å²) in [6, 6.07) is 7.34. The van der Waals surface area contributed by atoms with Gasteiger partial charge in [-0.25, -0.2) is 4.79 Å². The van der Waals surface area contributed by atoms with E-state index in [9.17, 15) is 20.1 Å². The van der Waals surface area contributed by atoms with E-state index in [4.69, 9.17) is 4.74 Å². The Bertz CT molecular complexity index is 837. The van der Waals surface area contributed by atoms with Gasteiger partial charge in [-0.05, 0) is 28.7 Å². The summed E-state index contributed by atoms with van der Waals surface area (Å²) in [6.45, 7) is 0. The van der Waals surface area contributed by atoms with Crippen molar-refractivity contribution in [2.24, 2.45) is 0 Å². The summed E-state index contributed by atoms with van der Waals surface area (Å²) < 4.78 is 6.82. The third-order valence-corrected chi connectivity index (χ3v) is 5.12. The van der Waals surface area contributed by atoms with Crippen LogP contribution in [0.3, 0.4) is 0 Å². The minimum Gasteiger partial charge on any atom is -0.508 e. The third-order valence-electron chi connectivity index (χ3n) is 4.27. The van der Waals surface area contributed by atoms with Crippen LogP contribution in [0.4, 0.5) is 5.69 Å². The summed E-state index contributed by atoms with van der Waals surface area (Å²) in [5, 5.41) is 32.4. The normalized spacial score (nSPS) is 24.0. The zero-order valence-corrected chi connectivity index (χ0v) is 13.8. The lowest BCUT2D eigenvalue weighted by atomic mass is 9.80. The van der Waals surface area contributed by atoms with E-state index < -0.39 is 24.0 Å². The molecule has 2 heterocycles. The standard InChI is InChI=1S/C16H12INO5/c17-8-3-1-2-7-11-12-9(4-6(19)5-10(12)20)18-13(16(21)22)15(11)23-14(7)8/h1-5,11,13,15,18-20H,(H,21,22). The van der Waals surface area contributed by atoms with Crippen LogP contribution >= 0.6 is 22.6 Å². The monoisotopic (exact) mass is 425 g/mol. The average Bonchev–Trinajstić information content (AvgIpc) is 2.86. The molecule has 118 valence electrons. The molecule has 0 saturated carbocycles. The number of halogens is 1. The second kappa shape index (κ2) is 4.92. The van der Waals surface area contributed by atoms with Crippen LogP contribution in [0.1, 0.15) is 17.0 Å². The molecule has 3 unspecified atom stereocenters. The number of carboxylic acids is 1. The fourth-order valence-corrected chi connectivity index (χ4v) is 4.02. The molecule has 2 aliphatic heterocycles. The van der Waals surface area contributed by atoms with Gasteiger partial charge in [0.2, 0.25) is 0 Å². The molecule has 0 bridgehead atoms. The minimum atomic E-state index is -1.05.